The van der Waals surface area contributed by atoms with E-state index in [4.69, 9.17) is 4.74 Å². The Kier molecular flexibility index (Phi) is 6.21. The maximum atomic E-state index is 10.4. The summed E-state index contributed by atoms with van der Waals surface area (Å²) in [7, 11) is 1.68. The number of halogens is 1. The molecule has 0 bridgehead atoms. The predicted molar refractivity (Wildman–Crippen MR) is 75.4 cm³/mol. The minimum atomic E-state index is -0.548. The second kappa shape index (κ2) is 7.19. The zero-order valence-electron chi connectivity index (χ0n) is 11.1. The van der Waals surface area contributed by atoms with Gasteiger partial charge < -0.3 is 15.2 Å². The standard InChI is InChI=1S/C13H21BrN2O2/c1-13(2,9-15-6-7-18-3)12(17)10-4-5-11(14)16-8-10/h4-5,8,12,15,17H,6-7,9H2,1-3H3. The summed E-state index contributed by atoms with van der Waals surface area (Å²) in [5.74, 6) is 0. The molecule has 2 N–H and O–H groups in total. The number of hydrogen-bond acceptors (Lipinski definition) is 4. The summed E-state index contributed by atoms with van der Waals surface area (Å²) in [6, 6.07) is 3.73. The van der Waals surface area contributed by atoms with Gasteiger partial charge in [0.15, 0.2) is 0 Å². The molecule has 5 heteroatoms. The lowest BCUT2D eigenvalue weighted by Crippen LogP contribution is -2.36. The van der Waals surface area contributed by atoms with E-state index in [0.717, 1.165) is 16.7 Å². The second-order valence-electron chi connectivity index (χ2n) is 4.97. The van der Waals surface area contributed by atoms with Crippen LogP contribution in [0.1, 0.15) is 25.5 Å². The Morgan fingerprint density at radius 1 is 1.50 bits per heavy atom. The summed E-state index contributed by atoms with van der Waals surface area (Å²) < 4.78 is 5.75. The van der Waals surface area contributed by atoms with Crippen LogP contribution in [0.5, 0.6) is 0 Å². The van der Waals surface area contributed by atoms with Gasteiger partial charge in [0.25, 0.3) is 0 Å². The second-order valence-corrected chi connectivity index (χ2v) is 5.79. The van der Waals surface area contributed by atoms with Crippen molar-refractivity contribution in [2.45, 2.75) is 20.0 Å². The maximum Gasteiger partial charge on any atom is 0.106 e. The number of methoxy groups -OCH3 is 1. The molecule has 4 nitrogen and oxygen atoms in total. The lowest BCUT2D eigenvalue weighted by Gasteiger charge is -2.31. The van der Waals surface area contributed by atoms with Gasteiger partial charge in [0, 0.05) is 31.8 Å². The molecule has 0 spiro atoms. The van der Waals surface area contributed by atoms with Crippen LogP contribution in [0.4, 0.5) is 0 Å². The highest BCUT2D eigenvalue weighted by Crippen LogP contribution is 2.32. The van der Waals surface area contributed by atoms with Gasteiger partial charge in [-0.25, -0.2) is 4.98 Å². The number of aliphatic hydroxyl groups is 1. The van der Waals surface area contributed by atoms with Gasteiger partial charge in [-0.15, -0.1) is 0 Å². The fraction of sp³-hybridized carbons (Fsp3) is 0.615. The Bertz CT molecular complexity index is 355. The van der Waals surface area contributed by atoms with E-state index in [1.165, 1.54) is 0 Å². The maximum absolute atomic E-state index is 10.4. The van der Waals surface area contributed by atoms with Gasteiger partial charge in [0.1, 0.15) is 4.60 Å². The van der Waals surface area contributed by atoms with Crippen molar-refractivity contribution in [2.75, 3.05) is 26.8 Å². The molecule has 0 fully saturated rings. The van der Waals surface area contributed by atoms with Crippen molar-refractivity contribution in [1.29, 1.82) is 0 Å². The molecule has 0 aliphatic carbocycles. The summed E-state index contributed by atoms with van der Waals surface area (Å²) in [5.41, 5.74) is 0.570. The van der Waals surface area contributed by atoms with Crippen molar-refractivity contribution in [1.82, 2.24) is 10.3 Å². The largest absolute Gasteiger partial charge is 0.388 e. The number of aliphatic hydroxyl groups excluding tert-OH is 1. The van der Waals surface area contributed by atoms with E-state index >= 15 is 0 Å². The van der Waals surface area contributed by atoms with E-state index in [1.807, 2.05) is 26.0 Å². The molecule has 0 saturated carbocycles. The highest BCUT2D eigenvalue weighted by molar-refractivity contribution is 9.10. The van der Waals surface area contributed by atoms with Crippen LogP contribution < -0.4 is 5.32 Å². The smallest absolute Gasteiger partial charge is 0.106 e. The van der Waals surface area contributed by atoms with Gasteiger partial charge in [-0.2, -0.15) is 0 Å². The first-order valence-electron chi connectivity index (χ1n) is 5.96. The number of nitrogens with one attached hydrogen (secondary N) is 1. The first kappa shape index (κ1) is 15.6. The SMILES string of the molecule is COCCNCC(C)(C)C(O)c1ccc(Br)nc1. The third-order valence-corrected chi connectivity index (χ3v) is 3.34. The van der Waals surface area contributed by atoms with E-state index in [9.17, 15) is 5.11 Å². The van der Waals surface area contributed by atoms with Crippen molar-refractivity contribution in [3.05, 3.63) is 28.5 Å². The number of rotatable bonds is 7. The molecule has 0 aliphatic heterocycles. The van der Waals surface area contributed by atoms with Crippen molar-refractivity contribution < 1.29 is 9.84 Å². The topological polar surface area (TPSA) is 54.4 Å². The molecule has 0 radical (unpaired) electrons. The van der Waals surface area contributed by atoms with Crippen LogP contribution >= 0.6 is 15.9 Å². The number of hydrogen-bond donors (Lipinski definition) is 2. The number of nitrogens with zero attached hydrogens (tertiary/aromatic N) is 1. The Hall–Kier alpha value is -0.490. The van der Waals surface area contributed by atoms with Gasteiger partial charge in [0.2, 0.25) is 0 Å². The van der Waals surface area contributed by atoms with E-state index in [2.05, 4.69) is 26.2 Å². The first-order valence-corrected chi connectivity index (χ1v) is 6.76. The van der Waals surface area contributed by atoms with Crippen molar-refractivity contribution in [3.8, 4) is 0 Å². The van der Waals surface area contributed by atoms with Crippen LogP contribution in [-0.4, -0.2) is 36.9 Å². The highest BCUT2D eigenvalue weighted by atomic mass is 79.9. The van der Waals surface area contributed by atoms with Crippen molar-refractivity contribution in [3.63, 3.8) is 0 Å². The number of ether oxygens (including phenoxy) is 1. The molecule has 0 saturated heterocycles. The summed E-state index contributed by atoms with van der Waals surface area (Å²) in [6.07, 6.45) is 1.15. The molecule has 0 aliphatic rings. The predicted octanol–water partition coefficient (Wildman–Crippen LogP) is 2.14. The zero-order valence-corrected chi connectivity index (χ0v) is 12.7. The molecule has 1 aromatic rings. The molecule has 1 rings (SSSR count). The Morgan fingerprint density at radius 2 is 2.22 bits per heavy atom. The van der Waals surface area contributed by atoms with Gasteiger partial charge in [-0.05, 0) is 27.6 Å². The van der Waals surface area contributed by atoms with E-state index in [1.54, 1.807) is 13.3 Å². The van der Waals surface area contributed by atoms with Gasteiger partial charge in [-0.3, -0.25) is 0 Å². The fourth-order valence-corrected chi connectivity index (χ4v) is 1.92. The minimum absolute atomic E-state index is 0.261. The molecule has 102 valence electrons. The lowest BCUT2D eigenvalue weighted by atomic mass is 9.83. The van der Waals surface area contributed by atoms with Crippen LogP contribution in [0, 0.1) is 5.41 Å². The molecule has 1 atom stereocenters. The fourth-order valence-electron chi connectivity index (χ4n) is 1.68. The molecule has 18 heavy (non-hydrogen) atoms. The zero-order chi connectivity index (χ0) is 13.6. The normalized spacial score (nSPS) is 13.6. The van der Waals surface area contributed by atoms with Crippen LogP contribution in [0.3, 0.4) is 0 Å². The number of aromatic nitrogens is 1. The van der Waals surface area contributed by atoms with Crippen LogP contribution in [0.15, 0.2) is 22.9 Å². The first-order chi connectivity index (χ1) is 8.47. The summed E-state index contributed by atoms with van der Waals surface area (Å²) >= 11 is 3.29. The van der Waals surface area contributed by atoms with E-state index in [0.29, 0.717) is 13.2 Å². The van der Waals surface area contributed by atoms with E-state index in [-0.39, 0.29) is 5.41 Å². The van der Waals surface area contributed by atoms with Crippen LogP contribution in [0.25, 0.3) is 0 Å². The minimum Gasteiger partial charge on any atom is -0.388 e. The summed E-state index contributed by atoms with van der Waals surface area (Å²) in [6.45, 7) is 6.23. The molecule has 1 unspecified atom stereocenters. The molecular weight excluding hydrogens is 296 g/mol. The van der Waals surface area contributed by atoms with Crippen LogP contribution in [-0.2, 0) is 4.74 Å². The third-order valence-electron chi connectivity index (χ3n) is 2.87. The highest BCUT2D eigenvalue weighted by Gasteiger charge is 2.28. The van der Waals surface area contributed by atoms with Crippen molar-refractivity contribution in [2.24, 2.45) is 5.41 Å². The molecule has 1 heterocycles. The lowest BCUT2D eigenvalue weighted by molar-refractivity contribution is 0.0477. The monoisotopic (exact) mass is 316 g/mol. The van der Waals surface area contributed by atoms with Gasteiger partial charge >= 0.3 is 0 Å². The molecule has 0 amide bonds. The molecule has 0 aromatic carbocycles. The van der Waals surface area contributed by atoms with Crippen molar-refractivity contribution >= 4 is 15.9 Å². The van der Waals surface area contributed by atoms with E-state index < -0.39 is 6.10 Å². The Labute approximate surface area is 117 Å². The number of pyridine rings is 1. The summed E-state index contributed by atoms with van der Waals surface area (Å²) in [4.78, 5) is 4.14. The average Bonchev–Trinajstić information content (AvgIpc) is 2.35. The molecule has 1 aromatic heterocycles. The van der Waals surface area contributed by atoms with Gasteiger partial charge in [-0.1, -0.05) is 19.9 Å². The summed E-state index contributed by atoms with van der Waals surface area (Å²) in [5, 5.41) is 13.6. The van der Waals surface area contributed by atoms with Gasteiger partial charge in [0.05, 0.1) is 12.7 Å². The Balaban J connectivity index is 2.57. The van der Waals surface area contributed by atoms with Crippen LogP contribution in [0.2, 0.25) is 0 Å². The average molecular weight is 317 g/mol. The third kappa shape index (κ3) is 4.65. The Morgan fingerprint density at radius 3 is 2.78 bits per heavy atom. The quantitative estimate of drug-likeness (QED) is 0.598. The molecular formula is C13H21BrN2O2.